The molecule has 2 amide bonds. The highest BCUT2D eigenvalue weighted by atomic mass is 35.5. The van der Waals surface area contributed by atoms with Gasteiger partial charge in [-0.2, -0.15) is 0 Å². The molecule has 1 aliphatic carbocycles. The van der Waals surface area contributed by atoms with Crippen LogP contribution in [0.25, 0.3) is 0 Å². The highest BCUT2D eigenvalue weighted by Crippen LogP contribution is 2.37. The Labute approximate surface area is 232 Å². The van der Waals surface area contributed by atoms with Gasteiger partial charge in [-0.1, -0.05) is 49.1 Å². The molecule has 1 heterocycles. The summed E-state index contributed by atoms with van der Waals surface area (Å²) < 4.78 is 0. The molecule has 3 N–H and O–H groups in total. The van der Waals surface area contributed by atoms with E-state index in [1.165, 1.54) is 23.5 Å². The lowest BCUT2D eigenvalue weighted by atomic mass is 9.82. The molecule has 0 bridgehead atoms. The van der Waals surface area contributed by atoms with Crippen molar-refractivity contribution in [3.63, 3.8) is 0 Å². The Hall–Kier alpha value is -3.68. The molecule has 8 heteroatoms. The number of halogens is 1. The molecule has 3 aromatic carbocycles. The normalized spacial score (nSPS) is 17.7. The van der Waals surface area contributed by atoms with Crippen molar-refractivity contribution in [2.24, 2.45) is 0 Å². The summed E-state index contributed by atoms with van der Waals surface area (Å²) in [4.78, 5) is 40.7. The van der Waals surface area contributed by atoms with Crippen LogP contribution in [0.3, 0.4) is 0 Å². The smallest absolute Gasteiger partial charge is 0.336 e. The second-order valence-corrected chi connectivity index (χ2v) is 10.7. The average molecular weight is 547 g/mol. The number of aliphatic hydroxyl groups is 1. The Morgan fingerprint density at radius 3 is 2.36 bits per heavy atom. The van der Waals surface area contributed by atoms with Gasteiger partial charge in [0, 0.05) is 34.1 Å². The third kappa shape index (κ3) is 5.70. The van der Waals surface area contributed by atoms with Crippen LogP contribution in [-0.4, -0.2) is 34.5 Å². The van der Waals surface area contributed by atoms with E-state index in [-0.39, 0.29) is 17.0 Å². The molecule has 0 aromatic heterocycles. The number of carbonyl (C=O) groups excluding carboxylic acids is 2. The number of carbonyl (C=O) groups is 3. The largest absolute Gasteiger partial charge is 0.478 e. The number of anilines is 2. The second-order valence-electron chi connectivity index (χ2n) is 10.3. The highest BCUT2D eigenvalue weighted by molar-refractivity contribution is 6.30. The van der Waals surface area contributed by atoms with Crippen molar-refractivity contribution < 1.29 is 24.6 Å². The predicted molar refractivity (Wildman–Crippen MR) is 151 cm³/mol. The number of nitrogens with zero attached hydrogens (tertiary/aromatic N) is 1. The van der Waals surface area contributed by atoms with Crippen molar-refractivity contribution in [2.75, 3.05) is 16.8 Å². The van der Waals surface area contributed by atoms with E-state index < -0.39 is 18.0 Å². The van der Waals surface area contributed by atoms with E-state index in [1.807, 2.05) is 18.2 Å². The maximum Gasteiger partial charge on any atom is 0.336 e. The average Bonchev–Trinajstić information content (AvgIpc) is 3.11. The summed E-state index contributed by atoms with van der Waals surface area (Å²) in [6.07, 6.45) is 5.82. The van der Waals surface area contributed by atoms with Crippen molar-refractivity contribution >= 4 is 40.8 Å². The first-order valence-corrected chi connectivity index (χ1v) is 13.8. The summed E-state index contributed by atoms with van der Waals surface area (Å²) in [5.41, 5.74) is 2.72. The monoisotopic (exact) mass is 546 g/mol. The maximum absolute atomic E-state index is 13.7. The lowest BCUT2D eigenvalue weighted by molar-refractivity contribution is 0.0691. The lowest BCUT2D eigenvalue weighted by Crippen LogP contribution is -2.33. The Morgan fingerprint density at radius 1 is 0.821 bits per heavy atom. The lowest BCUT2D eigenvalue weighted by Gasteiger charge is -2.25. The Bertz CT molecular complexity index is 1420. The van der Waals surface area contributed by atoms with Crippen LogP contribution >= 0.6 is 11.6 Å². The van der Waals surface area contributed by atoms with Gasteiger partial charge in [-0.05, 0) is 79.6 Å². The maximum atomic E-state index is 13.7. The number of benzene rings is 3. The van der Waals surface area contributed by atoms with Gasteiger partial charge in [-0.3, -0.25) is 9.59 Å². The third-order valence-corrected chi connectivity index (χ3v) is 7.97. The van der Waals surface area contributed by atoms with Gasteiger partial charge >= 0.3 is 5.97 Å². The molecule has 5 rings (SSSR count). The molecule has 1 unspecified atom stereocenters. The second kappa shape index (κ2) is 11.6. The number of fused-ring (bicyclic) bond motifs is 1. The number of carboxylic acids is 1. The summed E-state index contributed by atoms with van der Waals surface area (Å²) in [6, 6.07) is 16.8. The zero-order valence-corrected chi connectivity index (χ0v) is 22.3. The van der Waals surface area contributed by atoms with Crippen LogP contribution in [0, 0.1) is 0 Å². The van der Waals surface area contributed by atoms with Gasteiger partial charge in [0.1, 0.15) is 0 Å². The van der Waals surface area contributed by atoms with Crippen LogP contribution in [0.4, 0.5) is 11.4 Å². The summed E-state index contributed by atoms with van der Waals surface area (Å²) in [5.74, 6) is -1.74. The van der Waals surface area contributed by atoms with Crippen molar-refractivity contribution in [3.8, 4) is 0 Å². The quantitative estimate of drug-likeness (QED) is 0.326. The molecule has 0 saturated heterocycles. The summed E-state index contributed by atoms with van der Waals surface area (Å²) in [5, 5.41) is 23.8. The van der Waals surface area contributed by atoms with Crippen molar-refractivity contribution in [3.05, 3.63) is 93.5 Å². The van der Waals surface area contributed by atoms with Gasteiger partial charge in [0.2, 0.25) is 0 Å². The minimum Gasteiger partial charge on any atom is -0.478 e. The molecular formula is C31H31ClN2O5. The van der Waals surface area contributed by atoms with E-state index in [1.54, 1.807) is 30.3 Å². The van der Waals surface area contributed by atoms with Crippen molar-refractivity contribution in [1.82, 2.24) is 0 Å². The zero-order chi connectivity index (χ0) is 27.5. The number of hydrogen-bond donors (Lipinski definition) is 3. The van der Waals surface area contributed by atoms with E-state index in [9.17, 15) is 24.6 Å². The Morgan fingerprint density at radius 2 is 1.59 bits per heavy atom. The molecule has 1 atom stereocenters. The van der Waals surface area contributed by atoms with Gasteiger partial charge in [0.25, 0.3) is 11.8 Å². The number of aromatic carboxylic acids is 1. The Balaban J connectivity index is 1.43. The summed E-state index contributed by atoms with van der Waals surface area (Å²) in [7, 11) is 0. The molecule has 1 fully saturated rings. The molecule has 39 heavy (non-hydrogen) atoms. The molecule has 202 valence electrons. The van der Waals surface area contributed by atoms with Crippen LogP contribution in [0.2, 0.25) is 5.02 Å². The standard InChI is InChI=1S/C31H31ClN2O5/c32-20-12-15-27-26(17-20)28(35)11-6-16-34(27)30(37)24-14-13-21(18-25(24)31(38)39)33-29(36)23-10-5-4-9-22(23)19-7-2-1-3-8-19/h4-5,9-10,12-15,17-19,28,35H,1-3,6-8,11,16H2,(H,33,36)(H,38,39). The summed E-state index contributed by atoms with van der Waals surface area (Å²) >= 11 is 6.14. The minimum absolute atomic E-state index is 0.000365. The molecule has 1 saturated carbocycles. The van der Waals surface area contributed by atoms with Crippen LogP contribution in [0.5, 0.6) is 0 Å². The fraction of sp³-hybridized carbons (Fsp3) is 0.323. The summed E-state index contributed by atoms with van der Waals surface area (Å²) in [6.45, 7) is 0.319. The van der Waals surface area contributed by atoms with Crippen molar-refractivity contribution in [2.45, 2.75) is 57.0 Å². The first-order chi connectivity index (χ1) is 18.8. The predicted octanol–water partition coefficient (Wildman–Crippen LogP) is 6.81. The van der Waals surface area contributed by atoms with Crippen LogP contribution in [0.1, 0.15) is 99.2 Å². The van der Waals surface area contributed by atoms with Crippen LogP contribution < -0.4 is 10.2 Å². The third-order valence-electron chi connectivity index (χ3n) is 7.73. The molecule has 7 nitrogen and oxygen atoms in total. The Kier molecular flexibility index (Phi) is 8.00. The van der Waals surface area contributed by atoms with E-state index >= 15 is 0 Å². The number of hydrogen-bond acceptors (Lipinski definition) is 4. The zero-order valence-electron chi connectivity index (χ0n) is 21.5. The van der Waals surface area contributed by atoms with E-state index in [2.05, 4.69) is 5.32 Å². The topological polar surface area (TPSA) is 107 Å². The van der Waals surface area contributed by atoms with Gasteiger partial charge in [0.05, 0.1) is 17.2 Å². The number of nitrogens with one attached hydrogen (secondary N) is 1. The van der Waals surface area contributed by atoms with Crippen LogP contribution in [-0.2, 0) is 0 Å². The van der Waals surface area contributed by atoms with E-state index in [0.29, 0.717) is 52.8 Å². The fourth-order valence-electron chi connectivity index (χ4n) is 5.77. The van der Waals surface area contributed by atoms with Crippen molar-refractivity contribution in [1.29, 1.82) is 0 Å². The molecule has 0 spiro atoms. The van der Waals surface area contributed by atoms with Gasteiger partial charge in [-0.25, -0.2) is 4.79 Å². The SMILES string of the molecule is O=C(O)c1cc(NC(=O)c2ccccc2C2CCCCC2)ccc1C(=O)N1CCCC(O)c2cc(Cl)ccc21. The van der Waals surface area contributed by atoms with Gasteiger partial charge in [-0.15, -0.1) is 0 Å². The minimum atomic E-state index is -1.27. The molecule has 3 aromatic rings. The molecular weight excluding hydrogens is 516 g/mol. The molecule has 2 aliphatic rings. The number of rotatable bonds is 5. The fourth-order valence-corrected chi connectivity index (χ4v) is 5.95. The molecule has 0 radical (unpaired) electrons. The first kappa shape index (κ1) is 26.9. The number of aliphatic hydroxyl groups excluding tert-OH is 1. The highest BCUT2D eigenvalue weighted by Gasteiger charge is 2.29. The molecule has 1 aliphatic heterocycles. The first-order valence-electron chi connectivity index (χ1n) is 13.4. The number of amides is 2. The number of carboxylic acid groups (broad SMARTS) is 1. The van der Waals surface area contributed by atoms with Crippen LogP contribution in [0.15, 0.2) is 60.7 Å². The van der Waals surface area contributed by atoms with Gasteiger partial charge < -0.3 is 20.4 Å². The van der Waals surface area contributed by atoms with Gasteiger partial charge in [0.15, 0.2) is 0 Å². The van der Waals surface area contributed by atoms with E-state index in [0.717, 1.165) is 31.2 Å². The van der Waals surface area contributed by atoms with E-state index in [4.69, 9.17) is 11.6 Å².